The Morgan fingerprint density at radius 2 is 2.14 bits per heavy atom. The quantitative estimate of drug-likeness (QED) is 0.417. The normalized spacial score (nSPS) is 11.2. The molecular weight excluding hydrogens is 404 g/mol. The Kier molecular flexibility index (Phi) is 4.26. The Labute approximate surface area is 175 Å². The zero-order valence-electron chi connectivity index (χ0n) is 15.4. The highest BCUT2D eigenvalue weighted by Gasteiger charge is 2.23. The van der Waals surface area contributed by atoms with Crippen molar-refractivity contribution in [3.05, 3.63) is 71.8 Å². The molecule has 4 aromatic heterocycles. The van der Waals surface area contributed by atoms with Crippen LogP contribution in [0, 0.1) is 6.92 Å². The van der Waals surface area contributed by atoms with E-state index >= 15 is 0 Å². The monoisotopic (exact) mass is 418 g/mol. The molecule has 0 amide bonds. The number of aromatic amines is 1. The van der Waals surface area contributed by atoms with Crippen LogP contribution in [0.5, 0.6) is 0 Å². The number of pyridine rings is 1. The zero-order valence-corrected chi connectivity index (χ0v) is 17.0. The van der Waals surface area contributed by atoms with Crippen molar-refractivity contribution >= 4 is 34.5 Å². The Morgan fingerprint density at radius 3 is 2.93 bits per heavy atom. The number of thiazole rings is 1. The third-order valence-corrected chi connectivity index (χ3v) is 6.08. The summed E-state index contributed by atoms with van der Waals surface area (Å²) < 4.78 is 1.87. The predicted octanol–water partition coefficient (Wildman–Crippen LogP) is 5.51. The first kappa shape index (κ1) is 17.8. The van der Waals surface area contributed by atoms with E-state index in [1.165, 1.54) is 17.7 Å². The second-order valence-corrected chi connectivity index (χ2v) is 7.87. The second kappa shape index (κ2) is 6.95. The third-order valence-electron chi connectivity index (χ3n) is 4.67. The third kappa shape index (κ3) is 2.95. The van der Waals surface area contributed by atoms with Crippen molar-refractivity contribution in [1.82, 2.24) is 29.8 Å². The molecule has 29 heavy (non-hydrogen) atoms. The molecule has 0 bridgehead atoms. The molecule has 142 valence electrons. The molecule has 0 spiro atoms. The highest BCUT2D eigenvalue weighted by molar-refractivity contribution is 7.19. The summed E-state index contributed by atoms with van der Waals surface area (Å²) in [6, 6.07) is 11.8. The molecule has 5 rings (SSSR count). The van der Waals surface area contributed by atoms with Crippen molar-refractivity contribution in [3.8, 4) is 32.5 Å². The van der Waals surface area contributed by atoms with Crippen LogP contribution in [0.4, 0.5) is 0 Å². The smallest absolute Gasteiger partial charge is 0.167 e. The molecule has 0 saturated heterocycles. The minimum absolute atomic E-state index is 0.616. The number of aryl methyl sites for hydroxylation is 1. The first-order chi connectivity index (χ1) is 14.2. The number of aromatic nitrogens is 6. The van der Waals surface area contributed by atoms with Crippen LogP contribution in [-0.4, -0.2) is 29.8 Å². The molecule has 0 unspecified atom stereocenters. The van der Waals surface area contributed by atoms with Crippen LogP contribution in [-0.2, 0) is 0 Å². The Balaban J connectivity index is 1.79. The van der Waals surface area contributed by atoms with Crippen LogP contribution >= 0.6 is 22.9 Å². The lowest BCUT2D eigenvalue weighted by Crippen LogP contribution is -1.87. The van der Waals surface area contributed by atoms with Gasteiger partial charge in [-0.05, 0) is 36.8 Å². The van der Waals surface area contributed by atoms with E-state index in [-0.39, 0.29) is 0 Å². The summed E-state index contributed by atoms with van der Waals surface area (Å²) >= 11 is 8.09. The van der Waals surface area contributed by atoms with Gasteiger partial charge in [0.25, 0.3) is 0 Å². The number of rotatable bonds is 4. The van der Waals surface area contributed by atoms with Crippen molar-refractivity contribution in [3.63, 3.8) is 0 Å². The number of benzene rings is 1. The highest BCUT2D eigenvalue weighted by Crippen LogP contribution is 2.43. The molecule has 0 fully saturated rings. The van der Waals surface area contributed by atoms with Gasteiger partial charge in [-0.3, -0.25) is 5.10 Å². The molecule has 0 atom stereocenters. The van der Waals surface area contributed by atoms with E-state index in [1.54, 1.807) is 6.08 Å². The molecule has 0 aliphatic heterocycles. The number of fused-ring (bicyclic) bond motifs is 1. The maximum Gasteiger partial charge on any atom is 0.167 e. The van der Waals surface area contributed by atoms with E-state index in [4.69, 9.17) is 16.6 Å². The summed E-state index contributed by atoms with van der Waals surface area (Å²) in [5, 5.41) is 13.0. The average molecular weight is 419 g/mol. The lowest BCUT2D eigenvalue weighted by Gasteiger charge is -2.05. The number of H-pyrrole nitrogens is 1. The molecular formula is C21H15ClN6S. The molecule has 4 heterocycles. The van der Waals surface area contributed by atoms with Gasteiger partial charge in [-0.25, -0.2) is 14.5 Å². The summed E-state index contributed by atoms with van der Waals surface area (Å²) in [6.07, 6.45) is 5.21. The summed E-state index contributed by atoms with van der Waals surface area (Å²) in [5.41, 5.74) is 5.46. The second-order valence-electron chi connectivity index (χ2n) is 6.47. The van der Waals surface area contributed by atoms with Gasteiger partial charge in [0.15, 0.2) is 5.82 Å². The Morgan fingerprint density at radius 1 is 1.24 bits per heavy atom. The van der Waals surface area contributed by atoms with Crippen molar-refractivity contribution in [2.45, 2.75) is 6.92 Å². The molecule has 0 saturated carbocycles. The minimum atomic E-state index is 0.616. The van der Waals surface area contributed by atoms with Crippen LogP contribution in [0.15, 0.2) is 55.5 Å². The summed E-state index contributed by atoms with van der Waals surface area (Å²) in [5.74, 6) is 0.651. The molecule has 8 heteroatoms. The van der Waals surface area contributed by atoms with Gasteiger partial charge in [0, 0.05) is 11.8 Å². The van der Waals surface area contributed by atoms with E-state index in [0.29, 0.717) is 10.8 Å². The van der Waals surface area contributed by atoms with Gasteiger partial charge in [-0.1, -0.05) is 36.4 Å². The SMILES string of the molecule is C=Cc1ccc(Cl)c(-c2nc(-c3c(C)nn4ccccc34)sc2-c2ncn[nH]2)c1. The van der Waals surface area contributed by atoms with Crippen LogP contribution in [0.3, 0.4) is 0 Å². The van der Waals surface area contributed by atoms with Crippen molar-refractivity contribution in [1.29, 1.82) is 0 Å². The number of halogens is 1. The molecule has 0 aliphatic carbocycles. The average Bonchev–Trinajstić information content (AvgIpc) is 3.45. The van der Waals surface area contributed by atoms with E-state index in [0.717, 1.165) is 43.5 Å². The summed E-state index contributed by atoms with van der Waals surface area (Å²) in [7, 11) is 0. The van der Waals surface area contributed by atoms with Gasteiger partial charge in [-0.15, -0.1) is 11.3 Å². The van der Waals surface area contributed by atoms with E-state index in [9.17, 15) is 0 Å². The van der Waals surface area contributed by atoms with Gasteiger partial charge in [0.05, 0.1) is 32.4 Å². The molecule has 0 radical (unpaired) electrons. The molecule has 0 aliphatic rings. The van der Waals surface area contributed by atoms with Crippen LogP contribution in [0.25, 0.3) is 44.1 Å². The molecule has 5 aromatic rings. The fourth-order valence-electron chi connectivity index (χ4n) is 3.32. The maximum atomic E-state index is 6.55. The highest BCUT2D eigenvalue weighted by atomic mass is 35.5. The van der Waals surface area contributed by atoms with Crippen LogP contribution in [0.2, 0.25) is 5.02 Å². The van der Waals surface area contributed by atoms with Crippen LogP contribution in [0.1, 0.15) is 11.3 Å². The van der Waals surface area contributed by atoms with E-state index in [2.05, 4.69) is 26.9 Å². The van der Waals surface area contributed by atoms with Crippen LogP contribution < -0.4 is 0 Å². The van der Waals surface area contributed by atoms with Gasteiger partial charge >= 0.3 is 0 Å². The standard InChI is InChI=1S/C21H15ClN6S/c1-3-13-7-8-15(22)14(10-13)18-19(20-23-11-24-26-20)29-21(25-18)17-12(2)27-28-9-5-4-6-16(17)28/h3-11H,1H2,2H3,(H,23,24,26). The maximum absolute atomic E-state index is 6.55. The van der Waals surface area contributed by atoms with Crippen molar-refractivity contribution in [2.24, 2.45) is 0 Å². The largest absolute Gasteiger partial charge is 0.259 e. The van der Waals surface area contributed by atoms with Crippen molar-refractivity contribution < 1.29 is 0 Å². The number of hydrogen-bond donors (Lipinski definition) is 1. The zero-order chi connectivity index (χ0) is 20.0. The van der Waals surface area contributed by atoms with Gasteiger partial charge in [-0.2, -0.15) is 10.2 Å². The first-order valence-corrected chi connectivity index (χ1v) is 10.1. The lowest BCUT2D eigenvalue weighted by atomic mass is 10.1. The molecule has 6 nitrogen and oxygen atoms in total. The van der Waals surface area contributed by atoms with Gasteiger partial charge < -0.3 is 0 Å². The number of nitrogens with one attached hydrogen (secondary N) is 1. The number of nitrogens with zero attached hydrogens (tertiary/aromatic N) is 5. The minimum Gasteiger partial charge on any atom is -0.259 e. The fraction of sp³-hybridized carbons (Fsp3) is 0.0476. The Bertz CT molecular complexity index is 1350. The predicted molar refractivity (Wildman–Crippen MR) is 117 cm³/mol. The number of hydrogen-bond acceptors (Lipinski definition) is 5. The summed E-state index contributed by atoms with van der Waals surface area (Å²) in [4.78, 5) is 10.2. The van der Waals surface area contributed by atoms with Crippen molar-refractivity contribution in [2.75, 3.05) is 0 Å². The molecule has 1 N–H and O–H groups in total. The first-order valence-electron chi connectivity index (χ1n) is 8.89. The van der Waals surface area contributed by atoms with Gasteiger partial charge in [0.2, 0.25) is 0 Å². The summed E-state index contributed by atoms with van der Waals surface area (Å²) in [6.45, 7) is 5.85. The van der Waals surface area contributed by atoms with E-state index in [1.807, 2.05) is 54.0 Å². The lowest BCUT2D eigenvalue weighted by molar-refractivity contribution is 0.934. The fourth-order valence-corrected chi connectivity index (χ4v) is 4.66. The van der Waals surface area contributed by atoms with E-state index < -0.39 is 0 Å². The topological polar surface area (TPSA) is 71.8 Å². The molecule has 1 aromatic carbocycles. The Hall–Kier alpha value is -3.29. The van der Waals surface area contributed by atoms with Gasteiger partial charge in [0.1, 0.15) is 11.3 Å².